The van der Waals surface area contributed by atoms with Gasteiger partial charge in [-0.05, 0) is 19.8 Å². The Bertz CT molecular complexity index is 363. The van der Waals surface area contributed by atoms with E-state index in [9.17, 15) is 13.2 Å². The molecule has 1 aliphatic carbocycles. The normalized spacial score (nSPS) is 20.4. The van der Waals surface area contributed by atoms with Crippen LogP contribution in [0.2, 0.25) is 0 Å². The van der Waals surface area contributed by atoms with Crippen LogP contribution in [-0.2, 0) is 15.0 Å². The fourth-order valence-electron chi connectivity index (χ4n) is 2.00. The van der Waals surface area contributed by atoms with Gasteiger partial charge in [-0.1, -0.05) is 19.3 Å². The second-order valence-corrected chi connectivity index (χ2v) is 6.25. The summed E-state index contributed by atoms with van der Waals surface area (Å²) in [7, 11) is -2.19. The van der Waals surface area contributed by atoms with E-state index in [-0.39, 0.29) is 6.04 Å². The van der Waals surface area contributed by atoms with Crippen molar-refractivity contribution < 1.29 is 18.3 Å². The molecule has 1 saturated carbocycles. The van der Waals surface area contributed by atoms with Gasteiger partial charge in [0.15, 0.2) is 0 Å². The maximum absolute atomic E-state index is 11.9. The molecule has 0 aliphatic heterocycles. The van der Waals surface area contributed by atoms with E-state index in [1.807, 2.05) is 0 Å². The van der Waals surface area contributed by atoms with Crippen molar-refractivity contribution in [2.45, 2.75) is 51.1 Å². The molecular weight excluding hydrogens is 244 g/mol. The van der Waals surface area contributed by atoms with E-state index in [0.29, 0.717) is 0 Å². The van der Waals surface area contributed by atoms with Crippen LogP contribution >= 0.6 is 0 Å². The highest BCUT2D eigenvalue weighted by atomic mass is 32.2. The van der Waals surface area contributed by atoms with Crippen LogP contribution in [-0.4, -0.2) is 42.9 Å². The van der Waals surface area contributed by atoms with Gasteiger partial charge in [0.25, 0.3) is 10.2 Å². The summed E-state index contributed by atoms with van der Waals surface area (Å²) in [6.07, 6.45) is 4.89. The Morgan fingerprint density at radius 1 is 1.35 bits per heavy atom. The number of hydrogen-bond acceptors (Lipinski definition) is 3. The number of rotatable bonds is 5. The first-order valence-electron chi connectivity index (χ1n) is 5.82. The van der Waals surface area contributed by atoms with Crippen molar-refractivity contribution in [1.82, 2.24) is 9.03 Å². The molecule has 6 nitrogen and oxygen atoms in total. The molecule has 2 N–H and O–H groups in total. The molecule has 7 heteroatoms. The van der Waals surface area contributed by atoms with E-state index in [4.69, 9.17) is 5.11 Å². The first kappa shape index (κ1) is 14.4. The third-order valence-electron chi connectivity index (χ3n) is 3.16. The van der Waals surface area contributed by atoms with Gasteiger partial charge in [-0.3, -0.25) is 4.79 Å². The summed E-state index contributed by atoms with van der Waals surface area (Å²) in [5.41, 5.74) is 0. The standard InChI is InChI=1S/C10H20N2O4S/c1-8(10(13)14)11-17(15,16)12(2)9-6-4-3-5-7-9/h8-9,11H,3-7H2,1-2H3,(H,13,14)/t8-/m1/s1. The third-order valence-corrected chi connectivity index (χ3v) is 4.87. The molecule has 0 aromatic carbocycles. The summed E-state index contributed by atoms with van der Waals surface area (Å²) in [4.78, 5) is 10.6. The van der Waals surface area contributed by atoms with Gasteiger partial charge in [-0.25, -0.2) is 0 Å². The Labute approximate surface area is 102 Å². The fraction of sp³-hybridized carbons (Fsp3) is 0.900. The molecule has 0 unspecified atom stereocenters. The van der Waals surface area contributed by atoms with Gasteiger partial charge in [-0.2, -0.15) is 17.4 Å². The van der Waals surface area contributed by atoms with Crippen molar-refractivity contribution in [3.63, 3.8) is 0 Å². The summed E-state index contributed by atoms with van der Waals surface area (Å²) in [6, 6.07) is -1.12. The van der Waals surface area contributed by atoms with Crippen molar-refractivity contribution >= 4 is 16.2 Å². The van der Waals surface area contributed by atoms with Crippen LogP contribution < -0.4 is 4.72 Å². The highest BCUT2D eigenvalue weighted by molar-refractivity contribution is 7.87. The number of carbonyl (C=O) groups is 1. The lowest BCUT2D eigenvalue weighted by Crippen LogP contribution is -2.49. The average molecular weight is 264 g/mol. The Kier molecular flexibility index (Phi) is 4.91. The maximum atomic E-state index is 11.9. The van der Waals surface area contributed by atoms with Crippen LogP contribution in [0.15, 0.2) is 0 Å². The number of nitrogens with one attached hydrogen (secondary N) is 1. The highest BCUT2D eigenvalue weighted by Gasteiger charge is 2.29. The zero-order valence-electron chi connectivity index (χ0n) is 10.2. The first-order valence-corrected chi connectivity index (χ1v) is 7.26. The Hall–Kier alpha value is -0.660. The molecule has 100 valence electrons. The molecule has 0 heterocycles. The van der Waals surface area contributed by atoms with Gasteiger partial charge >= 0.3 is 5.97 Å². The van der Waals surface area contributed by atoms with E-state index < -0.39 is 22.2 Å². The van der Waals surface area contributed by atoms with E-state index >= 15 is 0 Å². The molecule has 0 saturated heterocycles. The number of carboxylic acid groups (broad SMARTS) is 1. The van der Waals surface area contributed by atoms with Crippen molar-refractivity contribution in [1.29, 1.82) is 0 Å². The largest absolute Gasteiger partial charge is 0.480 e. The van der Waals surface area contributed by atoms with Crippen molar-refractivity contribution in [2.24, 2.45) is 0 Å². The van der Waals surface area contributed by atoms with Crippen LogP contribution in [0.3, 0.4) is 0 Å². The number of hydrogen-bond donors (Lipinski definition) is 2. The van der Waals surface area contributed by atoms with Crippen LogP contribution in [0.25, 0.3) is 0 Å². The third kappa shape index (κ3) is 3.93. The smallest absolute Gasteiger partial charge is 0.321 e. The van der Waals surface area contributed by atoms with Crippen LogP contribution in [0.1, 0.15) is 39.0 Å². The quantitative estimate of drug-likeness (QED) is 0.759. The molecule has 0 bridgehead atoms. The Morgan fingerprint density at radius 3 is 2.35 bits per heavy atom. The summed E-state index contributed by atoms with van der Waals surface area (Å²) < 4.78 is 27.2. The van der Waals surface area contributed by atoms with Gasteiger partial charge in [0.1, 0.15) is 6.04 Å². The number of carboxylic acids is 1. The van der Waals surface area contributed by atoms with Crippen LogP contribution in [0.5, 0.6) is 0 Å². The van der Waals surface area contributed by atoms with Crippen molar-refractivity contribution in [2.75, 3.05) is 7.05 Å². The predicted octanol–water partition coefficient (Wildman–Crippen LogP) is 0.558. The average Bonchev–Trinajstić information content (AvgIpc) is 2.28. The molecular formula is C10H20N2O4S. The second-order valence-electron chi connectivity index (χ2n) is 4.49. The SMILES string of the molecule is C[C@@H](NS(=O)(=O)N(C)C1CCCCC1)C(=O)O. The topological polar surface area (TPSA) is 86.7 Å². The zero-order valence-corrected chi connectivity index (χ0v) is 11.0. The molecule has 1 rings (SSSR count). The number of nitrogens with zero attached hydrogens (tertiary/aromatic N) is 1. The van der Waals surface area contributed by atoms with Gasteiger partial charge in [-0.15, -0.1) is 0 Å². The highest BCUT2D eigenvalue weighted by Crippen LogP contribution is 2.23. The molecule has 17 heavy (non-hydrogen) atoms. The maximum Gasteiger partial charge on any atom is 0.321 e. The number of aliphatic carboxylic acids is 1. The minimum atomic E-state index is -3.70. The minimum absolute atomic E-state index is 0.0118. The molecule has 1 fully saturated rings. The van der Waals surface area contributed by atoms with E-state index in [2.05, 4.69) is 4.72 Å². The monoisotopic (exact) mass is 264 g/mol. The molecule has 0 aromatic heterocycles. The van der Waals surface area contributed by atoms with Gasteiger partial charge in [0.2, 0.25) is 0 Å². The van der Waals surface area contributed by atoms with E-state index in [1.165, 1.54) is 18.3 Å². The lowest BCUT2D eigenvalue weighted by Gasteiger charge is -2.30. The predicted molar refractivity (Wildman–Crippen MR) is 63.8 cm³/mol. The van der Waals surface area contributed by atoms with Gasteiger partial charge in [0, 0.05) is 13.1 Å². The van der Waals surface area contributed by atoms with Gasteiger partial charge in [0.05, 0.1) is 0 Å². The molecule has 1 aliphatic rings. The summed E-state index contributed by atoms with van der Waals surface area (Å²) >= 11 is 0. The van der Waals surface area contributed by atoms with Gasteiger partial charge < -0.3 is 5.11 Å². The van der Waals surface area contributed by atoms with Crippen LogP contribution in [0.4, 0.5) is 0 Å². The van der Waals surface area contributed by atoms with Crippen molar-refractivity contribution in [3.05, 3.63) is 0 Å². The minimum Gasteiger partial charge on any atom is -0.480 e. The fourth-order valence-corrected chi connectivity index (χ4v) is 3.32. The Balaban J connectivity index is 2.65. The van der Waals surface area contributed by atoms with E-state index in [1.54, 1.807) is 0 Å². The molecule has 0 amide bonds. The van der Waals surface area contributed by atoms with E-state index in [0.717, 1.165) is 32.1 Å². The molecule has 0 aromatic rings. The molecule has 1 atom stereocenters. The lowest BCUT2D eigenvalue weighted by molar-refractivity contribution is -0.138. The zero-order chi connectivity index (χ0) is 13.1. The Morgan fingerprint density at radius 2 is 1.88 bits per heavy atom. The summed E-state index contributed by atoms with van der Waals surface area (Å²) in [5.74, 6) is -1.18. The molecule has 0 spiro atoms. The first-order chi connectivity index (χ1) is 7.84. The lowest BCUT2D eigenvalue weighted by atomic mass is 9.96. The second kappa shape index (κ2) is 5.79. The summed E-state index contributed by atoms with van der Waals surface area (Å²) in [5, 5.41) is 8.69. The summed E-state index contributed by atoms with van der Waals surface area (Å²) in [6.45, 7) is 1.31. The van der Waals surface area contributed by atoms with Crippen LogP contribution in [0, 0.1) is 0 Å². The molecule has 0 radical (unpaired) electrons. The van der Waals surface area contributed by atoms with Crippen molar-refractivity contribution in [3.8, 4) is 0 Å².